The molecular formula is C15H18NO4-. The zero-order valence-corrected chi connectivity index (χ0v) is 11.4. The van der Waals surface area contributed by atoms with E-state index in [-0.39, 0.29) is 5.91 Å². The molecule has 0 aliphatic heterocycles. The molecule has 0 aromatic heterocycles. The van der Waals surface area contributed by atoms with Crippen molar-refractivity contribution in [3.8, 4) is 5.75 Å². The SMILES string of the molecule is COc1ccc(NC(=O)[C@@H]2CCCC[C@H]2C(=O)[O-])cc1. The highest BCUT2D eigenvalue weighted by atomic mass is 16.5. The van der Waals surface area contributed by atoms with Crippen molar-refractivity contribution in [2.45, 2.75) is 25.7 Å². The highest BCUT2D eigenvalue weighted by molar-refractivity contribution is 5.95. The van der Waals surface area contributed by atoms with E-state index < -0.39 is 17.8 Å². The minimum absolute atomic E-state index is 0.246. The van der Waals surface area contributed by atoms with Crippen LogP contribution < -0.4 is 15.2 Å². The smallest absolute Gasteiger partial charge is 0.228 e. The van der Waals surface area contributed by atoms with E-state index >= 15 is 0 Å². The number of methoxy groups -OCH3 is 1. The summed E-state index contributed by atoms with van der Waals surface area (Å²) in [5.41, 5.74) is 0.637. The number of rotatable bonds is 4. The monoisotopic (exact) mass is 276 g/mol. The number of carbonyl (C=O) groups is 2. The fourth-order valence-electron chi connectivity index (χ4n) is 2.64. The van der Waals surface area contributed by atoms with Gasteiger partial charge in [-0.3, -0.25) is 4.79 Å². The first kappa shape index (κ1) is 14.4. The number of amides is 1. The van der Waals surface area contributed by atoms with Crippen LogP contribution in [0.15, 0.2) is 24.3 Å². The number of hydrogen-bond donors (Lipinski definition) is 1. The number of carboxylic acid groups (broad SMARTS) is 1. The van der Waals surface area contributed by atoms with Gasteiger partial charge in [-0.15, -0.1) is 0 Å². The lowest BCUT2D eigenvalue weighted by molar-refractivity contribution is -0.313. The molecule has 20 heavy (non-hydrogen) atoms. The summed E-state index contributed by atoms with van der Waals surface area (Å²) in [7, 11) is 1.57. The molecule has 1 fully saturated rings. The Kier molecular flexibility index (Phi) is 4.61. The summed E-state index contributed by atoms with van der Waals surface area (Å²) in [6.07, 6.45) is 2.83. The molecular weight excluding hydrogens is 258 g/mol. The predicted molar refractivity (Wildman–Crippen MR) is 72.1 cm³/mol. The van der Waals surface area contributed by atoms with Gasteiger partial charge in [0.15, 0.2) is 0 Å². The highest BCUT2D eigenvalue weighted by Gasteiger charge is 2.31. The predicted octanol–water partition coefficient (Wildman–Crippen LogP) is 1.19. The lowest BCUT2D eigenvalue weighted by Gasteiger charge is -2.31. The van der Waals surface area contributed by atoms with Gasteiger partial charge in [0.25, 0.3) is 0 Å². The molecule has 0 radical (unpaired) electrons. The van der Waals surface area contributed by atoms with Crippen molar-refractivity contribution >= 4 is 17.6 Å². The molecule has 0 saturated heterocycles. The summed E-state index contributed by atoms with van der Waals surface area (Å²) in [5, 5.41) is 13.9. The minimum Gasteiger partial charge on any atom is -0.550 e. The maximum absolute atomic E-state index is 12.2. The molecule has 1 aliphatic rings. The van der Waals surface area contributed by atoms with Gasteiger partial charge in [-0.2, -0.15) is 0 Å². The standard InChI is InChI=1S/C15H19NO4/c1-20-11-8-6-10(7-9-11)16-14(17)12-4-2-3-5-13(12)15(18)19/h6-9,12-13H,2-5H2,1H3,(H,16,17)(H,18,19)/p-1/t12-,13-/m1/s1. The molecule has 0 unspecified atom stereocenters. The van der Waals surface area contributed by atoms with E-state index in [1.165, 1.54) is 0 Å². The molecule has 0 spiro atoms. The van der Waals surface area contributed by atoms with Crippen LogP contribution in [0.4, 0.5) is 5.69 Å². The van der Waals surface area contributed by atoms with Crippen LogP contribution in [-0.4, -0.2) is 19.0 Å². The number of aliphatic carboxylic acids is 1. The molecule has 5 nitrogen and oxygen atoms in total. The number of carbonyl (C=O) groups excluding carboxylic acids is 2. The van der Waals surface area contributed by atoms with Gasteiger partial charge < -0.3 is 20.0 Å². The van der Waals surface area contributed by atoms with Crippen molar-refractivity contribution in [2.75, 3.05) is 12.4 Å². The molecule has 0 bridgehead atoms. The van der Waals surface area contributed by atoms with Crippen LogP contribution in [0.5, 0.6) is 5.75 Å². The number of benzene rings is 1. The second-order valence-corrected chi connectivity index (χ2v) is 5.03. The second-order valence-electron chi connectivity index (χ2n) is 5.03. The number of ether oxygens (including phenoxy) is 1. The van der Waals surface area contributed by atoms with Gasteiger partial charge in [0, 0.05) is 23.5 Å². The second kappa shape index (κ2) is 6.41. The van der Waals surface area contributed by atoms with Crippen molar-refractivity contribution in [2.24, 2.45) is 11.8 Å². The number of carboxylic acids is 1. The van der Waals surface area contributed by atoms with Gasteiger partial charge >= 0.3 is 0 Å². The van der Waals surface area contributed by atoms with E-state index in [9.17, 15) is 14.7 Å². The van der Waals surface area contributed by atoms with Crippen LogP contribution in [0.1, 0.15) is 25.7 Å². The summed E-state index contributed by atoms with van der Waals surface area (Å²) < 4.78 is 5.04. The van der Waals surface area contributed by atoms with Crippen molar-refractivity contribution in [1.82, 2.24) is 0 Å². The zero-order valence-electron chi connectivity index (χ0n) is 11.4. The van der Waals surface area contributed by atoms with Gasteiger partial charge in [0.1, 0.15) is 5.75 Å². The Hall–Kier alpha value is -2.04. The van der Waals surface area contributed by atoms with Crippen molar-refractivity contribution in [3.63, 3.8) is 0 Å². The van der Waals surface area contributed by atoms with Crippen LogP contribution in [-0.2, 0) is 9.59 Å². The molecule has 5 heteroatoms. The molecule has 1 saturated carbocycles. The molecule has 1 aliphatic carbocycles. The van der Waals surface area contributed by atoms with Gasteiger partial charge in [0.2, 0.25) is 5.91 Å². The van der Waals surface area contributed by atoms with Gasteiger partial charge in [-0.1, -0.05) is 12.8 Å². The molecule has 2 atom stereocenters. The van der Waals surface area contributed by atoms with E-state index in [1.54, 1.807) is 31.4 Å². The molecule has 1 aromatic carbocycles. The van der Waals surface area contributed by atoms with Crippen LogP contribution >= 0.6 is 0 Å². The molecule has 1 N–H and O–H groups in total. The quantitative estimate of drug-likeness (QED) is 0.896. The maximum Gasteiger partial charge on any atom is 0.228 e. The first-order chi connectivity index (χ1) is 9.61. The average Bonchev–Trinajstić information content (AvgIpc) is 2.48. The van der Waals surface area contributed by atoms with Gasteiger partial charge in [0.05, 0.1) is 7.11 Å². The largest absolute Gasteiger partial charge is 0.550 e. The summed E-state index contributed by atoms with van der Waals surface area (Å²) >= 11 is 0. The maximum atomic E-state index is 12.2. The average molecular weight is 276 g/mol. The Labute approximate surface area is 117 Å². The van der Waals surface area contributed by atoms with E-state index in [4.69, 9.17) is 4.74 Å². The molecule has 108 valence electrons. The fraction of sp³-hybridized carbons (Fsp3) is 0.467. The van der Waals surface area contributed by atoms with Crippen LogP contribution in [0.25, 0.3) is 0 Å². The van der Waals surface area contributed by atoms with Crippen molar-refractivity contribution < 1.29 is 19.4 Å². The Bertz CT molecular complexity index is 483. The third-order valence-electron chi connectivity index (χ3n) is 3.76. The van der Waals surface area contributed by atoms with E-state index in [0.717, 1.165) is 12.8 Å². The Balaban J connectivity index is 2.03. The molecule has 1 aromatic rings. The Morgan fingerprint density at radius 3 is 2.30 bits per heavy atom. The first-order valence-corrected chi connectivity index (χ1v) is 6.77. The van der Waals surface area contributed by atoms with Crippen LogP contribution in [0.3, 0.4) is 0 Å². The number of nitrogens with one attached hydrogen (secondary N) is 1. The third-order valence-corrected chi connectivity index (χ3v) is 3.76. The van der Waals surface area contributed by atoms with E-state index in [0.29, 0.717) is 24.3 Å². The summed E-state index contributed by atoms with van der Waals surface area (Å²) in [4.78, 5) is 23.3. The summed E-state index contributed by atoms with van der Waals surface area (Å²) in [6.45, 7) is 0. The number of hydrogen-bond acceptors (Lipinski definition) is 4. The molecule has 2 rings (SSSR count). The van der Waals surface area contributed by atoms with Crippen molar-refractivity contribution in [3.05, 3.63) is 24.3 Å². The normalized spacial score (nSPS) is 22.1. The van der Waals surface area contributed by atoms with Crippen LogP contribution in [0, 0.1) is 11.8 Å². The number of anilines is 1. The highest BCUT2D eigenvalue weighted by Crippen LogP contribution is 2.30. The Morgan fingerprint density at radius 2 is 1.75 bits per heavy atom. The molecule has 0 heterocycles. The Morgan fingerprint density at radius 1 is 1.15 bits per heavy atom. The lowest BCUT2D eigenvalue weighted by Crippen LogP contribution is -2.42. The van der Waals surface area contributed by atoms with Crippen LogP contribution in [0.2, 0.25) is 0 Å². The minimum atomic E-state index is -1.13. The lowest BCUT2D eigenvalue weighted by atomic mass is 9.78. The van der Waals surface area contributed by atoms with E-state index in [1.807, 2.05) is 0 Å². The summed E-state index contributed by atoms with van der Waals surface area (Å²) in [6, 6.07) is 6.95. The zero-order chi connectivity index (χ0) is 14.5. The summed E-state index contributed by atoms with van der Waals surface area (Å²) in [5.74, 6) is -1.85. The van der Waals surface area contributed by atoms with Gasteiger partial charge in [-0.05, 0) is 37.1 Å². The third kappa shape index (κ3) is 3.29. The van der Waals surface area contributed by atoms with Gasteiger partial charge in [-0.25, -0.2) is 0 Å². The van der Waals surface area contributed by atoms with Crippen molar-refractivity contribution in [1.29, 1.82) is 0 Å². The topological polar surface area (TPSA) is 78.5 Å². The fourth-order valence-corrected chi connectivity index (χ4v) is 2.64. The first-order valence-electron chi connectivity index (χ1n) is 6.77. The molecule has 1 amide bonds. The van der Waals surface area contributed by atoms with E-state index in [2.05, 4.69) is 5.32 Å².